The zero-order chi connectivity index (χ0) is 18.3. The molecule has 0 aromatic heterocycles. The molecular formula is C24H35ClN2O. The summed E-state index contributed by atoms with van der Waals surface area (Å²) in [5.74, 6) is 2.83. The van der Waals surface area contributed by atoms with Gasteiger partial charge in [-0.3, -0.25) is 4.79 Å². The lowest BCUT2D eigenvalue weighted by molar-refractivity contribution is -0.146. The zero-order valence-electron chi connectivity index (χ0n) is 16.9. The van der Waals surface area contributed by atoms with Gasteiger partial charge >= 0.3 is 0 Å². The summed E-state index contributed by atoms with van der Waals surface area (Å²) in [6.45, 7) is 3.10. The molecule has 3 atom stereocenters. The molecule has 1 saturated heterocycles. The smallest absolute Gasteiger partial charge is 0.229 e. The van der Waals surface area contributed by atoms with Gasteiger partial charge in [0.25, 0.3) is 0 Å². The van der Waals surface area contributed by atoms with Gasteiger partial charge in [0.15, 0.2) is 0 Å². The van der Waals surface area contributed by atoms with E-state index in [1.165, 1.54) is 44.2 Å². The molecule has 1 amide bonds. The van der Waals surface area contributed by atoms with Crippen LogP contribution in [0.3, 0.4) is 0 Å². The summed E-state index contributed by atoms with van der Waals surface area (Å²) in [7, 11) is 0. The monoisotopic (exact) mass is 402 g/mol. The second kappa shape index (κ2) is 8.36. The van der Waals surface area contributed by atoms with E-state index in [-0.39, 0.29) is 17.8 Å². The number of fused-ring (bicyclic) bond motifs is 2. The second-order valence-corrected chi connectivity index (χ2v) is 9.82. The van der Waals surface area contributed by atoms with E-state index in [2.05, 4.69) is 40.5 Å². The lowest BCUT2D eigenvalue weighted by atomic mass is 9.68. The van der Waals surface area contributed by atoms with Crippen LogP contribution in [-0.2, 0) is 11.2 Å². The highest BCUT2D eigenvalue weighted by Gasteiger charge is 2.56. The molecule has 1 aromatic rings. The third-order valence-electron chi connectivity index (χ3n) is 7.94. The van der Waals surface area contributed by atoms with Crippen LogP contribution in [0.1, 0.15) is 56.9 Å². The van der Waals surface area contributed by atoms with E-state index < -0.39 is 0 Å². The lowest BCUT2D eigenvalue weighted by Gasteiger charge is -2.43. The van der Waals surface area contributed by atoms with Gasteiger partial charge in [-0.1, -0.05) is 36.8 Å². The number of hydrogen-bond donors (Lipinski definition) is 1. The molecule has 154 valence electrons. The third-order valence-corrected chi connectivity index (χ3v) is 7.94. The molecule has 4 aliphatic rings. The molecule has 5 rings (SSSR count). The molecule has 0 radical (unpaired) electrons. The molecular weight excluding hydrogens is 368 g/mol. The van der Waals surface area contributed by atoms with Crippen molar-refractivity contribution < 1.29 is 4.79 Å². The highest BCUT2D eigenvalue weighted by atomic mass is 35.5. The number of benzene rings is 1. The number of likely N-dealkylation sites (tertiary alicyclic amines) is 1. The number of nitrogens with zero attached hydrogens (tertiary/aromatic N) is 1. The molecule has 0 spiro atoms. The van der Waals surface area contributed by atoms with Gasteiger partial charge < -0.3 is 10.2 Å². The first-order valence-corrected chi connectivity index (χ1v) is 11.3. The average Bonchev–Trinajstić information content (AvgIpc) is 3.33. The molecule has 3 aliphatic carbocycles. The van der Waals surface area contributed by atoms with Crippen LogP contribution in [0.25, 0.3) is 0 Å². The van der Waals surface area contributed by atoms with Gasteiger partial charge in [-0.2, -0.15) is 0 Å². The molecule has 1 aliphatic heterocycles. The minimum absolute atomic E-state index is 0. The van der Waals surface area contributed by atoms with Crippen LogP contribution < -0.4 is 5.32 Å². The van der Waals surface area contributed by atoms with Crippen molar-refractivity contribution in [2.75, 3.05) is 19.6 Å². The Morgan fingerprint density at radius 2 is 1.79 bits per heavy atom. The largest absolute Gasteiger partial charge is 0.342 e. The Hall–Kier alpha value is -1.06. The summed E-state index contributed by atoms with van der Waals surface area (Å²) in [4.78, 5) is 16.0. The van der Waals surface area contributed by atoms with Crippen molar-refractivity contribution in [3.63, 3.8) is 0 Å². The first-order valence-electron chi connectivity index (χ1n) is 11.3. The number of nitrogens with one attached hydrogen (secondary N) is 1. The fourth-order valence-corrected chi connectivity index (χ4v) is 6.22. The second-order valence-electron chi connectivity index (χ2n) is 9.82. The number of amides is 1. The molecule has 3 unspecified atom stereocenters. The summed E-state index contributed by atoms with van der Waals surface area (Å²) < 4.78 is 0. The number of carbonyl (C=O) groups is 1. The fraction of sp³-hybridized carbons (Fsp3) is 0.708. The lowest BCUT2D eigenvalue weighted by Crippen LogP contribution is -2.52. The summed E-state index contributed by atoms with van der Waals surface area (Å²) >= 11 is 0. The molecule has 1 N–H and O–H groups in total. The van der Waals surface area contributed by atoms with Crippen LogP contribution in [0.5, 0.6) is 0 Å². The minimum atomic E-state index is -0.113. The van der Waals surface area contributed by atoms with Crippen LogP contribution in [-0.4, -0.2) is 36.5 Å². The molecule has 28 heavy (non-hydrogen) atoms. The van der Waals surface area contributed by atoms with Gasteiger partial charge in [-0.25, -0.2) is 0 Å². The van der Waals surface area contributed by atoms with E-state index in [4.69, 9.17) is 0 Å². The van der Waals surface area contributed by atoms with Crippen molar-refractivity contribution in [2.45, 2.75) is 63.8 Å². The molecule has 4 heteroatoms. The van der Waals surface area contributed by atoms with E-state index in [0.717, 1.165) is 50.6 Å². The van der Waals surface area contributed by atoms with Crippen molar-refractivity contribution in [3.8, 4) is 0 Å². The molecule has 3 nitrogen and oxygen atoms in total. The van der Waals surface area contributed by atoms with Crippen molar-refractivity contribution in [2.24, 2.45) is 23.2 Å². The van der Waals surface area contributed by atoms with E-state index in [1.54, 1.807) is 0 Å². The Kier molecular flexibility index (Phi) is 6.04. The van der Waals surface area contributed by atoms with Crippen LogP contribution in [0.15, 0.2) is 30.3 Å². The number of rotatable bonds is 6. The standard InChI is InChI=1S/C24H34N2O.ClH/c27-23(26-12-10-22(11-13-26)25-17-19-6-7-19)24(15-18-4-2-1-3-5-18)16-20-8-9-21(24)14-20;/h1-5,19-22,25H,6-17H2;1H. The fourth-order valence-electron chi connectivity index (χ4n) is 6.22. The maximum Gasteiger partial charge on any atom is 0.229 e. The summed E-state index contributed by atoms with van der Waals surface area (Å²) in [5, 5.41) is 3.75. The summed E-state index contributed by atoms with van der Waals surface area (Å²) in [5.41, 5.74) is 1.23. The van der Waals surface area contributed by atoms with Gasteiger partial charge in [-0.05, 0) is 81.2 Å². The van der Waals surface area contributed by atoms with Crippen molar-refractivity contribution in [1.29, 1.82) is 0 Å². The predicted octanol–water partition coefficient (Wildman–Crippen LogP) is 4.45. The van der Waals surface area contributed by atoms with E-state index in [0.29, 0.717) is 17.9 Å². The normalized spacial score (nSPS) is 32.4. The van der Waals surface area contributed by atoms with Crippen molar-refractivity contribution >= 4 is 18.3 Å². The van der Waals surface area contributed by atoms with Crippen molar-refractivity contribution in [3.05, 3.63) is 35.9 Å². The van der Waals surface area contributed by atoms with Crippen LogP contribution in [0, 0.1) is 23.2 Å². The Morgan fingerprint density at radius 3 is 2.39 bits per heavy atom. The number of piperidine rings is 1. The maximum atomic E-state index is 13.8. The number of hydrogen-bond acceptors (Lipinski definition) is 2. The van der Waals surface area contributed by atoms with Gasteiger partial charge in [0.1, 0.15) is 0 Å². The predicted molar refractivity (Wildman–Crippen MR) is 116 cm³/mol. The Morgan fingerprint density at radius 1 is 1.04 bits per heavy atom. The minimum Gasteiger partial charge on any atom is -0.342 e. The van der Waals surface area contributed by atoms with Gasteiger partial charge in [-0.15, -0.1) is 12.4 Å². The zero-order valence-corrected chi connectivity index (χ0v) is 17.8. The number of halogens is 1. The Balaban J connectivity index is 0.00000192. The van der Waals surface area contributed by atoms with Crippen LogP contribution in [0.4, 0.5) is 0 Å². The molecule has 2 bridgehead atoms. The molecule has 1 aromatic carbocycles. The Bertz CT molecular complexity index is 668. The maximum absolute atomic E-state index is 13.8. The highest BCUT2D eigenvalue weighted by Crippen LogP contribution is 2.58. The van der Waals surface area contributed by atoms with Gasteiger partial charge in [0.2, 0.25) is 5.91 Å². The number of carbonyl (C=O) groups excluding carboxylic acids is 1. The van der Waals surface area contributed by atoms with Crippen LogP contribution in [0.2, 0.25) is 0 Å². The van der Waals surface area contributed by atoms with E-state index in [1.807, 2.05) is 0 Å². The molecule has 1 heterocycles. The summed E-state index contributed by atoms with van der Waals surface area (Å²) in [6, 6.07) is 11.4. The first-order chi connectivity index (χ1) is 13.2. The van der Waals surface area contributed by atoms with E-state index in [9.17, 15) is 4.79 Å². The van der Waals surface area contributed by atoms with Gasteiger partial charge in [0.05, 0.1) is 5.41 Å². The quantitative estimate of drug-likeness (QED) is 0.762. The average molecular weight is 403 g/mol. The topological polar surface area (TPSA) is 32.3 Å². The molecule has 3 saturated carbocycles. The highest BCUT2D eigenvalue weighted by molar-refractivity contribution is 5.85. The van der Waals surface area contributed by atoms with Gasteiger partial charge in [0, 0.05) is 19.1 Å². The summed E-state index contributed by atoms with van der Waals surface area (Å²) in [6.07, 6.45) is 11.1. The van der Waals surface area contributed by atoms with Crippen LogP contribution >= 0.6 is 12.4 Å². The third kappa shape index (κ3) is 3.98. The first kappa shape index (κ1) is 20.2. The molecule has 4 fully saturated rings. The Labute approximate surface area is 176 Å². The SMILES string of the molecule is Cl.O=C(N1CCC(NCC2CC2)CC1)C1(Cc2ccccc2)CC2CCC1C2. The van der Waals surface area contributed by atoms with E-state index >= 15 is 0 Å². The van der Waals surface area contributed by atoms with Crippen molar-refractivity contribution in [1.82, 2.24) is 10.2 Å².